The van der Waals surface area contributed by atoms with Crippen molar-refractivity contribution in [1.29, 1.82) is 0 Å². The Labute approximate surface area is 123 Å². The first-order chi connectivity index (χ1) is 10.2. The Hall–Kier alpha value is -2.04. The van der Waals surface area contributed by atoms with E-state index in [-0.39, 0.29) is 5.76 Å². The lowest BCUT2D eigenvalue weighted by Crippen LogP contribution is -2.05. The number of hydrogen-bond donors (Lipinski definition) is 1. The lowest BCUT2D eigenvalue weighted by molar-refractivity contribution is 0.0494. The zero-order valence-electron chi connectivity index (χ0n) is 12.5. The van der Waals surface area contributed by atoms with Crippen molar-refractivity contribution in [3.63, 3.8) is 0 Å². The molecule has 2 aromatic rings. The van der Waals surface area contributed by atoms with Crippen LogP contribution in [-0.2, 0) is 24.0 Å². The minimum Gasteiger partial charge on any atom is -0.460 e. The molecule has 5 heteroatoms. The van der Waals surface area contributed by atoms with Crippen molar-refractivity contribution in [3.05, 3.63) is 22.6 Å². The number of carbonyl (C=O) groups excluding carboxylic acids is 1. The van der Waals surface area contributed by atoms with Crippen LogP contribution in [0.25, 0.3) is 11.1 Å². The number of fused-ring (bicyclic) bond motifs is 3. The van der Waals surface area contributed by atoms with Gasteiger partial charge in [-0.15, -0.1) is 0 Å². The molecule has 0 saturated carbocycles. The number of anilines is 1. The molecule has 0 aromatic carbocycles. The fourth-order valence-electron chi connectivity index (χ4n) is 3.12. The molecule has 2 N–H and O–H groups in total. The average molecular weight is 288 g/mol. The summed E-state index contributed by atoms with van der Waals surface area (Å²) in [6.45, 7) is 4.18. The highest BCUT2D eigenvalue weighted by Crippen LogP contribution is 2.37. The molecule has 1 aliphatic carbocycles. The topological polar surface area (TPSA) is 78.3 Å². The van der Waals surface area contributed by atoms with Gasteiger partial charge in [0.05, 0.1) is 17.7 Å². The molecule has 0 aliphatic heterocycles. The van der Waals surface area contributed by atoms with Crippen molar-refractivity contribution in [2.24, 2.45) is 0 Å². The van der Waals surface area contributed by atoms with Crippen molar-refractivity contribution in [2.45, 2.75) is 46.0 Å². The first-order valence-electron chi connectivity index (χ1n) is 7.57. The van der Waals surface area contributed by atoms with Gasteiger partial charge in [-0.25, -0.2) is 9.78 Å². The van der Waals surface area contributed by atoms with Gasteiger partial charge in [-0.1, -0.05) is 13.3 Å². The minimum atomic E-state index is -0.517. The van der Waals surface area contributed by atoms with Crippen molar-refractivity contribution < 1.29 is 13.9 Å². The summed E-state index contributed by atoms with van der Waals surface area (Å²) in [5.41, 5.74) is 10.6. The molecule has 0 fully saturated rings. The zero-order chi connectivity index (χ0) is 15.0. The number of rotatable bonds is 4. The molecule has 0 saturated heterocycles. The molecule has 3 rings (SSSR count). The van der Waals surface area contributed by atoms with E-state index in [9.17, 15) is 4.79 Å². The van der Waals surface area contributed by atoms with Gasteiger partial charge >= 0.3 is 5.97 Å². The number of pyridine rings is 1. The van der Waals surface area contributed by atoms with Gasteiger partial charge in [0.25, 0.3) is 0 Å². The predicted molar refractivity (Wildman–Crippen MR) is 80.4 cm³/mol. The Balaban J connectivity index is 2.20. The van der Waals surface area contributed by atoms with Crippen molar-refractivity contribution in [2.75, 3.05) is 12.3 Å². The van der Waals surface area contributed by atoms with Crippen LogP contribution in [0.5, 0.6) is 0 Å². The van der Waals surface area contributed by atoms with Crippen LogP contribution >= 0.6 is 0 Å². The van der Waals surface area contributed by atoms with Crippen LogP contribution in [0.15, 0.2) is 4.42 Å². The van der Waals surface area contributed by atoms with E-state index in [2.05, 4.69) is 11.9 Å². The fourth-order valence-corrected chi connectivity index (χ4v) is 3.12. The maximum atomic E-state index is 11.9. The van der Waals surface area contributed by atoms with E-state index in [0.717, 1.165) is 43.2 Å². The lowest BCUT2D eigenvalue weighted by Gasteiger charge is -2.07. The largest absolute Gasteiger partial charge is 0.460 e. The lowest BCUT2D eigenvalue weighted by atomic mass is 10.0. The van der Waals surface area contributed by atoms with E-state index < -0.39 is 5.97 Å². The molecule has 0 radical (unpaired) electrons. The van der Waals surface area contributed by atoms with E-state index in [0.29, 0.717) is 18.0 Å². The van der Waals surface area contributed by atoms with Crippen LogP contribution in [0.2, 0.25) is 0 Å². The Kier molecular flexibility index (Phi) is 3.57. The van der Waals surface area contributed by atoms with Gasteiger partial charge in [0.2, 0.25) is 11.5 Å². The predicted octanol–water partition coefficient (Wildman–Crippen LogP) is 3.03. The van der Waals surface area contributed by atoms with Crippen LogP contribution in [-0.4, -0.2) is 17.6 Å². The maximum Gasteiger partial charge on any atom is 0.376 e. The third-order valence-electron chi connectivity index (χ3n) is 3.98. The number of carbonyl (C=O) groups is 1. The molecule has 21 heavy (non-hydrogen) atoms. The van der Waals surface area contributed by atoms with Crippen molar-refractivity contribution in [3.8, 4) is 0 Å². The first kappa shape index (κ1) is 13.9. The van der Waals surface area contributed by atoms with Gasteiger partial charge in [0.1, 0.15) is 0 Å². The number of nitrogens with zero attached hydrogens (tertiary/aromatic N) is 1. The van der Waals surface area contributed by atoms with E-state index >= 15 is 0 Å². The molecule has 1 aliphatic rings. The van der Waals surface area contributed by atoms with E-state index in [1.807, 2.05) is 0 Å². The van der Waals surface area contributed by atoms with Crippen LogP contribution in [0, 0.1) is 0 Å². The Morgan fingerprint density at radius 2 is 2.10 bits per heavy atom. The van der Waals surface area contributed by atoms with Crippen LogP contribution in [0.1, 0.15) is 54.1 Å². The Bertz CT molecular complexity index is 703. The van der Waals surface area contributed by atoms with Crippen LogP contribution < -0.4 is 5.73 Å². The number of aryl methyl sites for hydroxylation is 2. The third kappa shape index (κ3) is 2.17. The van der Waals surface area contributed by atoms with Gasteiger partial charge in [-0.05, 0) is 43.7 Å². The summed E-state index contributed by atoms with van der Waals surface area (Å²) < 4.78 is 10.6. The summed E-state index contributed by atoms with van der Waals surface area (Å²) in [6, 6.07) is 0. The molecule has 0 spiro atoms. The number of ether oxygens (including phenoxy) is 1. The van der Waals surface area contributed by atoms with Gasteiger partial charge in [0.15, 0.2) is 0 Å². The summed E-state index contributed by atoms with van der Waals surface area (Å²) in [4.78, 5) is 16.5. The van der Waals surface area contributed by atoms with Gasteiger partial charge < -0.3 is 14.9 Å². The number of aromatic nitrogens is 1. The Morgan fingerprint density at radius 3 is 2.81 bits per heavy atom. The highest BCUT2D eigenvalue weighted by Gasteiger charge is 2.27. The number of nitrogens with two attached hydrogens (primary N) is 1. The second kappa shape index (κ2) is 5.39. The normalized spacial score (nSPS) is 13.6. The fraction of sp³-hybridized carbons (Fsp3) is 0.500. The number of esters is 1. The second-order valence-corrected chi connectivity index (χ2v) is 5.36. The van der Waals surface area contributed by atoms with Crippen molar-refractivity contribution >= 4 is 22.8 Å². The summed E-state index contributed by atoms with van der Waals surface area (Å²) in [7, 11) is 0. The second-order valence-electron chi connectivity index (χ2n) is 5.36. The monoisotopic (exact) mass is 288 g/mol. The van der Waals surface area contributed by atoms with Gasteiger partial charge in [-0.3, -0.25) is 0 Å². The Morgan fingerprint density at radius 1 is 1.33 bits per heavy atom. The first-order valence-corrected chi connectivity index (χ1v) is 7.57. The highest BCUT2D eigenvalue weighted by atomic mass is 16.5. The van der Waals surface area contributed by atoms with E-state index in [4.69, 9.17) is 14.9 Å². The van der Waals surface area contributed by atoms with Crippen LogP contribution in [0.4, 0.5) is 5.69 Å². The quantitative estimate of drug-likeness (QED) is 0.875. The molecule has 5 nitrogen and oxygen atoms in total. The zero-order valence-corrected chi connectivity index (χ0v) is 12.5. The van der Waals surface area contributed by atoms with Gasteiger partial charge in [0, 0.05) is 5.69 Å². The number of furan rings is 1. The summed E-state index contributed by atoms with van der Waals surface area (Å²) in [6.07, 6.45) is 5.07. The molecule has 0 atom stereocenters. The molecular weight excluding hydrogens is 268 g/mol. The molecule has 2 aromatic heterocycles. The summed E-state index contributed by atoms with van der Waals surface area (Å²) in [5.74, 6) is -0.432. The number of hydrogen-bond acceptors (Lipinski definition) is 5. The van der Waals surface area contributed by atoms with Crippen molar-refractivity contribution in [1.82, 2.24) is 4.98 Å². The summed E-state index contributed by atoms with van der Waals surface area (Å²) in [5, 5.41) is 0.811. The molecule has 112 valence electrons. The summed E-state index contributed by atoms with van der Waals surface area (Å²) >= 11 is 0. The van der Waals surface area contributed by atoms with Crippen LogP contribution in [0.3, 0.4) is 0 Å². The average Bonchev–Trinajstić information content (AvgIpc) is 3.04. The van der Waals surface area contributed by atoms with E-state index in [1.54, 1.807) is 6.92 Å². The van der Waals surface area contributed by atoms with E-state index in [1.165, 1.54) is 11.1 Å². The smallest absolute Gasteiger partial charge is 0.376 e. The highest BCUT2D eigenvalue weighted by molar-refractivity contribution is 6.04. The maximum absolute atomic E-state index is 11.9. The van der Waals surface area contributed by atoms with Gasteiger partial charge in [-0.2, -0.15) is 0 Å². The minimum absolute atomic E-state index is 0.0853. The molecule has 0 amide bonds. The molecular formula is C16H20N2O3. The number of nitrogen functional groups attached to an aromatic ring is 1. The molecule has 0 bridgehead atoms. The standard InChI is InChI=1S/C16H20N2O3/c1-3-6-11-9-7-5-8-10(9)12-13(17)14(16(19)20-4-2)21-15(12)18-11/h3-8,17H2,1-2H3. The molecule has 2 heterocycles. The molecule has 0 unspecified atom stereocenters. The SMILES string of the molecule is CCCc1nc2oc(C(=O)OCC)c(N)c2c2c1CCC2. The third-order valence-corrected chi connectivity index (χ3v) is 3.98.